The van der Waals surface area contributed by atoms with Gasteiger partial charge in [0.15, 0.2) is 13.0 Å². The Kier molecular flexibility index (Phi) is 11.2. The van der Waals surface area contributed by atoms with Crippen molar-refractivity contribution in [3.05, 3.63) is 47.6 Å². The monoisotopic (exact) mass is 564 g/mol. The molecular weight excluding hydrogens is 527 g/mol. The van der Waals surface area contributed by atoms with Gasteiger partial charge >= 0.3 is 13.6 Å². The van der Waals surface area contributed by atoms with Crippen molar-refractivity contribution in [2.45, 2.75) is 58.5 Å². The molecule has 1 aromatic carbocycles. The zero-order chi connectivity index (χ0) is 28.4. The molecule has 0 unspecified atom stereocenters. The van der Waals surface area contributed by atoms with Gasteiger partial charge in [-0.1, -0.05) is 30.3 Å². The number of nitrogens with zero attached hydrogens (tertiary/aromatic N) is 2. The fourth-order valence-electron chi connectivity index (χ4n) is 4.29. The molecule has 0 spiro atoms. The molecule has 0 aliphatic carbocycles. The number of esters is 1. The molecule has 0 bridgehead atoms. The van der Waals surface area contributed by atoms with E-state index in [0.29, 0.717) is 31.6 Å². The number of phenols is 1. The second-order valence-electron chi connectivity index (χ2n) is 9.88. The summed E-state index contributed by atoms with van der Waals surface area (Å²) in [5.74, 6) is -1.23. The largest absolute Gasteiger partial charge is 0.507 e. The standard InChI is InChI=1S/C27H37N2O9P/c1-19-8-6-10-20(2)38-27(32)26-21(15-23(16-24(26)30)36-18-39(33,34)35)14-22(11-7-9-19)28-37-17-25(31)29-12-4-3-5-13-29/h6-8,11,15-16,19-20,30H,3-5,9-10,12-14,17-18H2,1-2H3,(H2,33,34,35)/b8-6+,11-7+,28-22+/t19-,20+/m0/s1. The first-order valence-electron chi connectivity index (χ1n) is 13.1. The average molecular weight is 565 g/mol. The Morgan fingerprint density at radius 2 is 1.90 bits per heavy atom. The summed E-state index contributed by atoms with van der Waals surface area (Å²) in [5.41, 5.74) is 0.497. The minimum atomic E-state index is -4.49. The van der Waals surface area contributed by atoms with Crippen LogP contribution in [0.4, 0.5) is 0 Å². The molecule has 12 heteroatoms. The van der Waals surface area contributed by atoms with E-state index in [1.807, 2.05) is 25.2 Å². The van der Waals surface area contributed by atoms with Crippen molar-refractivity contribution in [1.29, 1.82) is 0 Å². The van der Waals surface area contributed by atoms with Crippen molar-refractivity contribution in [2.75, 3.05) is 26.0 Å². The molecule has 2 atom stereocenters. The van der Waals surface area contributed by atoms with Gasteiger partial charge in [0, 0.05) is 32.0 Å². The lowest BCUT2D eigenvalue weighted by atomic mass is 9.99. The van der Waals surface area contributed by atoms with E-state index < -0.39 is 31.8 Å². The van der Waals surface area contributed by atoms with E-state index >= 15 is 0 Å². The van der Waals surface area contributed by atoms with E-state index in [0.717, 1.165) is 25.3 Å². The molecule has 39 heavy (non-hydrogen) atoms. The molecule has 11 nitrogen and oxygen atoms in total. The van der Waals surface area contributed by atoms with Crippen molar-refractivity contribution >= 4 is 25.2 Å². The van der Waals surface area contributed by atoms with Gasteiger partial charge in [-0.05, 0) is 56.2 Å². The van der Waals surface area contributed by atoms with Crippen LogP contribution in [-0.2, 0) is 25.4 Å². The third kappa shape index (κ3) is 10.2. The number of fused-ring (bicyclic) bond motifs is 1. The number of allylic oxidation sites excluding steroid dienone is 3. The van der Waals surface area contributed by atoms with Crippen LogP contribution in [0.25, 0.3) is 0 Å². The first-order chi connectivity index (χ1) is 18.5. The van der Waals surface area contributed by atoms with Crippen molar-refractivity contribution in [3.63, 3.8) is 0 Å². The van der Waals surface area contributed by atoms with Crippen molar-refractivity contribution < 1.29 is 43.4 Å². The van der Waals surface area contributed by atoms with E-state index in [2.05, 4.69) is 5.16 Å². The number of carbonyl (C=O) groups is 2. The van der Waals surface area contributed by atoms with Gasteiger partial charge in [-0.3, -0.25) is 9.36 Å². The van der Waals surface area contributed by atoms with Gasteiger partial charge in [0.25, 0.3) is 5.91 Å². The number of rotatable bonds is 6. The molecule has 1 saturated heterocycles. The number of piperidine rings is 1. The van der Waals surface area contributed by atoms with Crippen LogP contribution >= 0.6 is 7.60 Å². The molecule has 1 fully saturated rings. The van der Waals surface area contributed by atoms with Crippen LogP contribution in [0.2, 0.25) is 0 Å². The van der Waals surface area contributed by atoms with Gasteiger partial charge in [-0.25, -0.2) is 4.79 Å². The van der Waals surface area contributed by atoms with Crippen molar-refractivity contribution in [3.8, 4) is 11.5 Å². The minimum Gasteiger partial charge on any atom is -0.507 e. The second-order valence-corrected chi connectivity index (χ2v) is 11.5. The number of hydrogen-bond donors (Lipinski definition) is 3. The van der Waals surface area contributed by atoms with Crippen LogP contribution in [-0.4, -0.2) is 69.5 Å². The highest BCUT2D eigenvalue weighted by molar-refractivity contribution is 7.51. The number of hydrogen-bond acceptors (Lipinski definition) is 8. The molecule has 0 saturated carbocycles. The normalized spacial score (nSPS) is 23.7. The molecule has 0 radical (unpaired) electrons. The van der Waals surface area contributed by atoms with Gasteiger partial charge in [0.1, 0.15) is 23.2 Å². The van der Waals surface area contributed by atoms with Gasteiger partial charge in [0.05, 0.1) is 5.71 Å². The molecule has 1 aromatic rings. The van der Waals surface area contributed by atoms with Gasteiger partial charge in [-0.2, -0.15) is 0 Å². The summed E-state index contributed by atoms with van der Waals surface area (Å²) >= 11 is 0. The Morgan fingerprint density at radius 3 is 2.62 bits per heavy atom. The van der Waals surface area contributed by atoms with Crippen LogP contribution in [0.15, 0.2) is 41.6 Å². The van der Waals surface area contributed by atoms with Crippen molar-refractivity contribution in [2.24, 2.45) is 11.1 Å². The second kappa shape index (κ2) is 14.3. The summed E-state index contributed by atoms with van der Waals surface area (Å²) in [5, 5.41) is 14.9. The Bertz CT molecular complexity index is 1150. The van der Waals surface area contributed by atoms with E-state index in [4.69, 9.17) is 14.3 Å². The highest BCUT2D eigenvalue weighted by Crippen LogP contribution is 2.36. The number of oxime groups is 1. The van der Waals surface area contributed by atoms with E-state index in [-0.39, 0.29) is 41.7 Å². The number of amides is 1. The number of carbonyl (C=O) groups excluding carboxylic acids is 2. The summed E-state index contributed by atoms with van der Waals surface area (Å²) in [6.45, 7) is 4.93. The third-order valence-electron chi connectivity index (χ3n) is 6.29. The Hall–Kier alpha value is -3.14. The maximum Gasteiger partial charge on any atom is 0.362 e. The molecule has 1 amide bonds. The number of aromatic hydroxyl groups is 1. The van der Waals surface area contributed by atoms with E-state index in [1.165, 1.54) is 6.07 Å². The highest BCUT2D eigenvalue weighted by Gasteiger charge is 2.24. The van der Waals surface area contributed by atoms with Crippen molar-refractivity contribution in [1.82, 2.24) is 4.90 Å². The molecule has 0 aromatic heterocycles. The summed E-state index contributed by atoms with van der Waals surface area (Å²) in [4.78, 5) is 51.1. The summed E-state index contributed by atoms with van der Waals surface area (Å²) in [6, 6.07) is 2.50. The molecule has 3 rings (SSSR count). The molecular formula is C27H37N2O9P. The van der Waals surface area contributed by atoms with Crippen LogP contribution in [0.3, 0.4) is 0 Å². The quantitative estimate of drug-likeness (QED) is 0.202. The summed E-state index contributed by atoms with van der Waals surface area (Å²) in [7, 11) is -4.49. The zero-order valence-electron chi connectivity index (χ0n) is 22.3. The number of cyclic esters (lactones) is 1. The zero-order valence-corrected chi connectivity index (χ0v) is 23.2. The topological polar surface area (TPSA) is 155 Å². The summed E-state index contributed by atoms with van der Waals surface area (Å²) in [6.07, 6.45) is 10.4. The number of likely N-dealkylation sites (tertiary alicyclic amines) is 1. The minimum absolute atomic E-state index is 0.0158. The Labute approximate surface area is 228 Å². The molecule has 2 aliphatic rings. The number of phenolic OH excluding ortho intramolecular Hbond substituents is 1. The lowest BCUT2D eigenvalue weighted by molar-refractivity contribution is -0.137. The predicted molar refractivity (Wildman–Crippen MR) is 145 cm³/mol. The first kappa shape index (κ1) is 30.4. The maximum absolute atomic E-state index is 13.1. The average Bonchev–Trinajstić information content (AvgIpc) is 2.86. The third-order valence-corrected chi connectivity index (χ3v) is 6.75. The lowest BCUT2D eigenvalue weighted by Gasteiger charge is -2.26. The smallest absolute Gasteiger partial charge is 0.362 e. The van der Waals surface area contributed by atoms with Crippen LogP contribution in [0.1, 0.15) is 61.9 Å². The highest BCUT2D eigenvalue weighted by atomic mass is 31.2. The fourth-order valence-corrected chi connectivity index (χ4v) is 4.60. The van der Waals surface area contributed by atoms with Crippen LogP contribution in [0, 0.1) is 5.92 Å². The molecule has 214 valence electrons. The van der Waals surface area contributed by atoms with Gasteiger partial charge < -0.3 is 34.1 Å². The first-order valence-corrected chi connectivity index (χ1v) is 14.9. The fraction of sp³-hybridized carbons (Fsp3) is 0.519. The van der Waals surface area contributed by atoms with E-state index in [9.17, 15) is 29.0 Å². The van der Waals surface area contributed by atoms with E-state index in [1.54, 1.807) is 17.9 Å². The number of ether oxygens (including phenoxy) is 2. The Balaban J connectivity index is 1.93. The Morgan fingerprint density at radius 1 is 1.15 bits per heavy atom. The van der Waals surface area contributed by atoms with Crippen LogP contribution in [0.5, 0.6) is 11.5 Å². The number of benzene rings is 1. The lowest BCUT2D eigenvalue weighted by Crippen LogP contribution is -2.37. The predicted octanol–water partition coefficient (Wildman–Crippen LogP) is 3.92. The SMILES string of the molecule is C[C@@H]1C/C=C/[C@H](C)C/C=C/C(=N\OCC(=O)N2CCCCC2)Cc2cc(OCP(=O)(O)O)cc(O)c2C(=O)O1. The summed E-state index contributed by atoms with van der Waals surface area (Å²) < 4.78 is 22.0. The van der Waals surface area contributed by atoms with Gasteiger partial charge in [-0.15, -0.1) is 0 Å². The molecule has 2 heterocycles. The molecule has 2 aliphatic heterocycles. The molecule has 3 N–H and O–H groups in total. The van der Waals surface area contributed by atoms with Gasteiger partial charge in [0.2, 0.25) is 0 Å². The van der Waals surface area contributed by atoms with Crippen LogP contribution < -0.4 is 4.74 Å². The maximum atomic E-state index is 13.1.